The molecule has 2 aliphatic carbocycles. The maximum atomic E-state index is 12.8. The standard InChI is InChI=1S/C25H34N4O4/c1-15(23(31)28-13-18-5-4-10-33-18)19-6-8-25(3)9-7-20(16(2)21(25)22(19)30)29-24(32)17-11-26-14-27-12-17/h4-5,10-12,14-16,19-22,30H,6-9,13H2,1-3H3,(H,28,31)(H,29,32)/t15-,16+,19+,20-,21+,22-,25-/m0/s1. The van der Waals surface area contributed by atoms with E-state index in [1.165, 1.54) is 18.7 Å². The van der Waals surface area contributed by atoms with E-state index < -0.39 is 6.10 Å². The Morgan fingerprint density at radius 2 is 2.00 bits per heavy atom. The number of aliphatic hydroxyl groups excluding tert-OH is 1. The van der Waals surface area contributed by atoms with Gasteiger partial charge in [0.15, 0.2) is 0 Å². The predicted molar refractivity (Wildman–Crippen MR) is 122 cm³/mol. The van der Waals surface area contributed by atoms with Gasteiger partial charge in [-0.3, -0.25) is 9.59 Å². The van der Waals surface area contributed by atoms with Crippen molar-refractivity contribution in [2.75, 3.05) is 0 Å². The number of aliphatic hydroxyl groups is 1. The zero-order chi connectivity index (χ0) is 23.6. The zero-order valence-electron chi connectivity index (χ0n) is 19.5. The van der Waals surface area contributed by atoms with Crippen molar-refractivity contribution in [3.63, 3.8) is 0 Å². The van der Waals surface area contributed by atoms with Crippen molar-refractivity contribution in [2.45, 2.75) is 65.1 Å². The number of carbonyl (C=O) groups is 2. The Morgan fingerprint density at radius 3 is 2.70 bits per heavy atom. The van der Waals surface area contributed by atoms with E-state index in [4.69, 9.17) is 4.42 Å². The van der Waals surface area contributed by atoms with E-state index in [9.17, 15) is 14.7 Å². The number of hydrogen-bond acceptors (Lipinski definition) is 6. The van der Waals surface area contributed by atoms with Gasteiger partial charge in [-0.2, -0.15) is 0 Å². The fraction of sp³-hybridized carbons (Fsp3) is 0.600. The van der Waals surface area contributed by atoms with Gasteiger partial charge in [-0.05, 0) is 61.0 Å². The number of fused-ring (bicyclic) bond motifs is 1. The average Bonchev–Trinajstić information content (AvgIpc) is 3.33. The largest absolute Gasteiger partial charge is 0.467 e. The minimum atomic E-state index is -0.608. The number of nitrogens with zero attached hydrogens (tertiary/aromatic N) is 2. The molecule has 2 heterocycles. The van der Waals surface area contributed by atoms with E-state index in [1.807, 2.05) is 13.0 Å². The van der Waals surface area contributed by atoms with Crippen molar-refractivity contribution in [3.8, 4) is 0 Å². The van der Waals surface area contributed by atoms with Crippen molar-refractivity contribution >= 4 is 11.8 Å². The van der Waals surface area contributed by atoms with Crippen molar-refractivity contribution in [1.82, 2.24) is 20.6 Å². The molecular formula is C25H34N4O4. The minimum Gasteiger partial charge on any atom is -0.467 e. The molecule has 2 fully saturated rings. The lowest BCUT2D eigenvalue weighted by atomic mass is 9.51. The van der Waals surface area contributed by atoms with Crippen LogP contribution in [0, 0.1) is 29.1 Å². The molecule has 4 rings (SSSR count). The van der Waals surface area contributed by atoms with Gasteiger partial charge in [-0.15, -0.1) is 0 Å². The van der Waals surface area contributed by atoms with Gasteiger partial charge in [-0.1, -0.05) is 20.8 Å². The SMILES string of the molecule is C[C@H]1[C@@H]2[C@@H](O)[C@@H]([C@H](C)C(=O)NCc3ccco3)CC[C@@]2(C)CC[C@@H]1NC(=O)c1cncnc1. The van der Waals surface area contributed by atoms with Crippen LogP contribution in [0.5, 0.6) is 0 Å². The Morgan fingerprint density at radius 1 is 1.27 bits per heavy atom. The number of rotatable bonds is 6. The molecule has 2 aromatic heterocycles. The van der Waals surface area contributed by atoms with Crippen LogP contribution in [0.25, 0.3) is 0 Å². The van der Waals surface area contributed by atoms with Crippen molar-refractivity contribution in [1.29, 1.82) is 0 Å². The fourth-order valence-electron chi connectivity index (χ4n) is 6.11. The smallest absolute Gasteiger partial charge is 0.254 e. The van der Waals surface area contributed by atoms with E-state index >= 15 is 0 Å². The van der Waals surface area contributed by atoms with Crippen LogP contribution in [0.15, 0.2) is 41.5 Å². The van der Waals surface area contributed by atoms with Gasteiger partial charge in [0, 0.05) is 24.4 Å². The van der Waals surface area contributed by atoms with Crippen molar-refractivity contribution in [2.24, 2.45) is 29.1 Å². The molecule has 3 N–H and O–H groups in total. The molecule has 8 heteroatoms. The Bertz CT molecular complexity index is 951. The summed E-state index contributed by atoms with van der Waals surface area (Å²) in [5.41, 5.74) is 0.429. The third kappa shape index (κ3) is 4.81. The Balaban J connectivity index is 1.43. The van der Waals surface area contributed by atoms with Gasteiger partial charge in [0.1, 0.15) is 12.1 Å². The van der Waals surface area contributed by atoms with E-state index in [0.29, 0.717) is 17.9 Å². The topological polar surface area (TPSA) is 117 Å². The molecule has 0 bridgehead atoms. The quantitative estimate of drug-likeness (QED) is 0.618. The Labute approximate surface area is 194 Å². The van der Waals surface area contributed by atoms with Crippen LogP contribution in [-0.2, 0) is 11.3 Å². The Kier molecular flexibility index (Phi) is 6.83. The first-order chi connectivity index (χ1) is 15.8. The summed E-state index contributed by atoms with van der Waals surface area (Å²) in [4.78, 5) is 33.4. The van der Waals surface area contributed by atoms with Crippen LogP contribution in [-0.4, -0.2) is 39.0 Å². The van der Waals surface area contributed by atoms with E-state index in [-0.39, 0.29) is 46.9 Å². The summed E-state index contributed by atoms with van der Waals surface area (Å²) < 4.78 is 5.30. The van der Waals surface area contributed by atoms with E-state index in [1.54, 1.807) is 12.3 Å². The maximum Gasteiger partial charge on any atom is 0.254 e. The second kappa shape index (κ2) is 9.63. The molecular weight excluding hydrogens is 420 g/mol. The highest BCUT2D eigenvalue weighted by Gasteiger charge is 2.53. The minimum absolute atomic E-state index is 0.00245. The number of aromatic nitrogens is 2. The number of amides is 2. The van der Waals surface area contributed by atoms with Crippen LogP contribution in [0.3, 0.4) is 0 Å². The Hall–Kier alpha value is -2.74. The fourth-order valence-corrected chi connectivity index (χ4v) is 6.11. The van der Waals surface area contributed by atoms with Crippen molar-refractivity contribution in [3.05, 3.63) is 48.4 Å². The van der Waals surface area contributed by atoms with Crippen molar-refractivity contribution < 1.29 is 19.1 Å². The molecule has 2 aliphatic rings. The third-order valence-electron chi connectivity index (χ3n) is 8.10. The lowest BCUT2D eigenvalue weighted by Crippen LogP contribution is -2.58. The summed E-state index contributed by atoms with van der Waals surface area (Å²) in [6.45, 7) is 6.60. The molecule has 2 aromatic rings. The van der Waals surface area contributed by atoms with Crippen LogP contribution in [0.2, 0.25) is 0 Å². The number of hydrogen-bond donors (Lipinski definition) is 3. The molecule has 33 heavy (non-hydrogen) atoms. The molecule has 0 saturated heterocycles. The number of nitrogens with one attached hydrogen (secondary N) is 2. The van der Waals surface area contributed by atoms with Gasteiger partial charge in [0.05, 0.1) is 24.5 Å². The average molecular weight is 455 g/mol. The normalized spacial score (nSPS) is 32.4. The third-order valence-corrected chi connectivity index (χ3v) is 8.10. The zero-order valence-corrected chi connectivity index (χ0v) is 19.5. The molecule has 7 atom stereocenters. The second-order valence-corrected chi connectivity index (χ2v) is 10.1. The summed E-state index contributed by atoms with van der Waals surface area (Å²) in [6, 6.07) is 3.57. The van der Waals surface area contributed by atoms with Gasteiger partial charge in [0.2, 0.25) is 5.91 Å². The summed E-state index contributed by atoms with van der Waals surface area (Å²) in [5.74, 6) is 0.0778. The van der Waals surface area contributed by atoms with E-state index in [2.05, 4.69) is 34.4 Å². The summed E-state index contributed by atoms with van der Waals surface area (Å²) in [7, 11) is 0. The van der Waals surface area contributed by atoms with Gasteiger partial charge in [0.25, 0.3) is 5.91 Å². The molecule has 0 aromatic carbocycles. The number of furan rings is 1. The molecule has 8 nitrogen and oxygen atoms in total. The van der Waals surface area contributed by atoms with Crippen LogP contribution >= 0.6 is 0 Å². The first-order valence-corrected chi connectivity index (χ1v) is 11.8. The molecule has 0 unspecified atom stereocenters. The first kappa shape index (κ1) is 23.4. The predicted octanol–water partition coefficient (Wildman–Crippen LogP) is 2.94. The molecule has 2 amide bonds. The van der Waals surface area contributed by atoms with Crippen LogP contribution < -0.4 is 10.6 Å². The van der Waals surface area contributed by atoms with Gasteiger partial charge < -0.3 is 20.2 Å². The highest BCUT2D eigenvalue weighted by Crippen LogP contribution is 2.55. The van der Waals surface area contributed by atoms with Crippen LogP contribution in [0.4, 0.5) is 0 Å². The van der Waals surface area contributed by atoms with Gasteiger partial charge >= 0.3 is 0 Å². The van der Waals surface area contributed by atoms with E-state index in [0.717, 1.165) is 25.7 Å². The number of carbonyl (C=O) groups excluding carboxylic acids is 2. The lowest BCUT2D eigenvalue weighted by Gasteiger charge is -2.56. The molecule has 0 spiro atoms. The monoisotopic (exact) mass is 454 g/mol. The highest BCUT2D eigenvalue weighted by molar-refractivity contribution is 5.93. The molecule has 2 saturated carbocycles. The molecule has 0 radical (unpaired) electrons. The van der Waals surface area contributed by atoms with Gasteiger partial charge in [-0.25, -0.2) is 9.97 Å². The second-order valence-electron chi connectivity index (χ2n) is 10.1. The maximum absolute atomic E-state index is 12.8. The van der Waals surface area contributed by atoms with Crippen LogP contribution in [0.1, 0.15) is 62.6 Å². The highest BCUT2D eigenvalue weighted by atomic mass is 16.3. The molecule has 178 valence electrons. The summed E-state index contributed by atoms with van der Waals surface area (Å²) in [6.07, 6.45) is 8.97. The first-order valence-electron chi connectivity index (χ1n) is 11.8. The lowest BCUT2D eigenvalue weighted by molar-refractivity contribution is -0.142. The summed E-state index contributed by atoms with van der Waals surface area (Å²) in [5, 5.41) is 17.6. The molecule has 0 aliphatic heterocycles. The summed E-state index contributed by atoms with van der Waals surface area (Å²) >= 11 is 0.